The molecule has 2 fully saturated rings. The molecule has 1 aromatic heterocycles. The first kappa shape index (κ1) is 12.9. The zero-order chi connectivity index (χ0) is 13.6. The smallest absolute Gasteiger partial charge is 0.323 e. The Balaban J connectivity index is 1.93. The zero-order valence-corrected chi connectivity index (χ0v) is 12.0. The summed E-state index contributed by atoms with van der Waals surface area (Å²) < 4.78 is 6.80. The highest BCUT2D eigenvalue weighted by Gasteiger charge is 2.41. The normalized spacial score (nSPS) is 28.1. The molecule has 6 heteroatoms. The minimum Gasteiger partial charge on any atom is -0.464 e. The van der Waals surface area contributed by atoms with Gasteiger partial charge in [-0.05, 0) is 26.3 Å². The fraction of sp³-hybridized carbons (Fsp3) is 0.692. The highest BCUT2D eigenvalue weighted by molar-refractivity contribution is 6.30. The van der Waals surface area contributed by atoms with Crippen LogP contribution in [0.15, 0.2) is 0 Å². The lowest BCUT2D eigenvalue weighted by atomic mass is 10.0. The van der Waals surface area contributed by atoms with Crippen LogP contribution in [0, 0.1) is 6.92 Å². The van der Waals surface area contributed by atoms with Crippen molar-refractivity contribution in [3.05, 3.63) is 16.4 Å². The lowest BCUT2D eigenvalue weighted by Crippen LogP contribution is -2.38. The first-order valence-electron chi connectivity index (χ1n) is 6.71. The van der Waals surface area contributed by atoms with Gasteiger partial charge in [0.1, 0.15) is 11.2 Å². The van der Waals surface area contributed by atoms with E-state index in [1.165, 1.54) is 0 Å². The van der Waals surface area contributed by atoms with E-state index in [-0.39, 0.29) is 18.1 Å². The van der Waals surface area contributed by atoms with E-state index in [4.69, 9.17) is 16.3 Å². The Bertz CT molecular complexity index is 514. The predicted molar refractivity (Wildman–Crippen MR) is 71.0 cm³/mol. The Labute approximate surface area is 117 Å². The van der Waals surface area contributed by atoms with Crippen LogP contribution >= 0.6 is 11.6 Å². The number of likely N-dealkylation sites (tertiary alicyclic amines) is 1. The lowest BCUT2D eigenvalue weighted by Gasteiger charge is -2.28. The van der Waals surface area contributed by atoms with Crippen LogP contribution in [0.4, 0.5) is 0 Å². The van der Waals surface area contributed by atoms with Crippen LogP contribution in [-0.4, -0.2) is 39.8 Å². The van der Waals surface area contributed by atoms with Gasteiger partial charge >= 0.3 is 5.97 Å². The zero-order valence-electron chi connectivity index (χ0n) is 11.2. The third-order valence-electron chi connectivity index (χ3n) is 4.13. The van der Waals surface area contributed by atoms with Crippen molar-refractivity contribution < 1.29 is 9.53 Å². The molecule has 3 rings (SSSR count). The summed E-state index contributed by atoms with van der Waals surface area (Å²) in [4.78, 5) is 14.0. The number of ether oxygens (including phenoxy) is 1. The van der Waals surface area contributed by atoms with E-state index in [0.717, 1.165) is 37.1 Å². The van der Waals surface area contributed by atoms with Crippen LogP contribution in [0.25, 0.3) is 0 Å². The first-order chi connectivity index (χ1) is 9.09. The van der Waals surface area contributed by atoms with E-state index >= 15 is 0 Å². The molecule has 3 heterocycles. The van der Waals surface area contributed by atoms with Crippen molar-refractivity contribution in [2.45, 2.75) is 38.3 Å². The van der Waals surface area contributed by atoms with E-state index < -0.39 is 0 Å². The summed E-state index contributed by atoms with van der Waals surface area (Å²) in [7, 11) is 1.85. The summed E-state index contributed by atoms with van der Waals surface area (Å²) in [6.07, 6.45) is 2.89. The average molecular weight is 284 g/mol. The highest BCUT2D eigenvalue weighted by atomic mass is 35.5. The minimum atomic E-state index is -0.108. The maximum absolute atomic E-state index is 11.8. The summed E-state index contributed by atoms with van der Waals surface area (Å²) in [6, 6.07) is 0.0834. The topological polar surface area (TPSA) is 47.4 Å². The van der Waals surface area contributed by atoms with Gasteiger partial charge in [-0.15, -0.1) is 0 Å². The minimum absolute atomic E-state index is 0.0930. The molecule has 2 saturated heterocycles. The number of hydrogen-bond donors (Lipinski definition) is 0. The quantitative estimate of drug-likeness (QED) is 0.777. The number of hydrogen-bond acceptors (Lipinski definition) is 4. The number of carbonyl (C=O) groups is 1. The van der Waals surface area contributed by atoms with Crippen LogP contribution in [0.1, 0.15) is 36.6 Å². The van der Waals surface area contributed by atoms with Crippen molar-refractivity contribution in [3.63, 3.8) is 0 Å². The van der Waals surface area contributed by atoms with E-state index in [0.29, 0.717) is 11.8 Å². The van der Waals surface area contributed by atoms with Gasteiger partial charge in [-0.3, -0.25) is 14.4 Å². The molecule has 0 N–H and O–H groups in total. The van der Waals surface area contributed by atoms with E-state index in [1.807, 2.05) is 14.0 Å². The summed E-state index contributed by atoms with van der Waals surface area (Å²) in [5.74, 6) is -0.0930. The number of aromatic nitrogens is 2. The fourth-order valence-corrected chi connectivity index (χ4v) is 3.58. The second-order valence-electron chi connectivity index (χ2n) is 5.28. The number of carbonyl (C=O) groups excluding carboxylic acids is 1. The molecule has 2 atom stereocenters. The molecule has 0 aliphatic carbocycles. The van der Waals surface area contributed by atoms with Gasteiger partial charge in [-0.1, -0.05) is 11.6 Å². The second-order valence-corrected chi connectivity index (χ2v) is 5.64. The Morgan fingerprint density at radius 3 is 2.74 bits per heavy atom. The Morgan fingerprint density at radius 1 is 1.37 bits per heavy atom. The number of cyclic esters (lactones) is 1. The molecule has 0 unspecified atom stereocenters. The number of aryl methyl sites for hydroxylation is 2. The lowest BCUT2D eigenvalue weighted by molar-refractivity contribution is -0.142. The fourth-order valence-electron chi connectivity index (χ4n) is 3.28. The maximum Gasteiger partial charge on any atom is 0.323 e. The molecule has 0 saturated carbocycles. The molecule has 19 heavy (non-hydrogen) atoms. The molecule has 2 aliphatic rings. The van der Waals surface area contributed by atoms with Gasteiger partial charge in [-0.2, -0.15) is 5.10 Å². The molecule has 0 radical (unpaired) electrons. The van der Waals surface area contributed by atoms with Crippen LogP contribution in [-0.2, 0) is 16.6 Å². The Hall–Kier alpha value is -1.07. The number of halogens is 1. The molecular weight excluding hydrogens is 266 g/mol. The van der Waals surface area contributed by atoms with Gasteiger partial charge < -0.3 is 4.74 Å². The average Bonchev–Trinajstić information content (AvgIpc) is 3.02. The van der Waals surface area contributed by atoms with Crippen LogP contribution < -0.4 is 0 Å². The van der Waals surface area contributed by atoms with Crippen LogP contribution in [0.3, 0.4) is 0 Å². The van der Waals surface area contributed by atoms with E-state index in [2.05, 4.69) is 10.00 Å². The first-order valence-corrected chi connectivity index (χ1v) is 7.08. The SMILES string of the molecule is Cc1nn(C)c(Cl)c1[C@@H]1CCCN1[C@H]1CCOC1=O. The summed E-state index contributed by atoms with van der Waals surface area (Å²) in [6.45, 7) is 3.44. The van der Waals surface area contributed by atoms with Gasteiger partial charge in [0.25, 0.3) is 0 Å². The summed E-state index contributed by atoms with van der Waals surface area (Å²) in [5, 5.41) is 5.06. The number of nitrogens with zero attached hydrogens (tertiary/aromatic N) is 3. The summed E-state index contributed by atoms with van der Waals surface area (Å²) >= 11 is 6.36. The molecule has 0 amide bonds. The molecule has 0 bridgehead atoms. The van der Waals surface area contributed by atoms with Gasteiger partial charge in [0.15, 0.2) is 0 Å². The molecule has 0 spiro atoms. The van der Waals surface area contributed by atoms with Gasteiger partial charge in [-0.25, -0.2) is 0 Å². The summed E-state index contributed by atoms with van der Waals surface area (Å²) in [5.41, 5.74) is 2.03. The van der Waals surface area contributed by atoms with Crippen molar-refractivity contribution >= 4 is 17.6 Å². The molecule has 0 aromatic carbocycles. The monoisotopic (exact) mass is 283 g/mol. The van der Waals surface area contributed by atoms with Crippen molar-refractivity contribution in [1.29, 1.82) is 0 Å². The third kappa shape index (κ3) is 2.05. The van der Waals surface area contributed by atoms with Crippen LogP contribution in [0.5, 0.6) is 0 Å². The van der Waals surface area contributed by atoms with Crippen molar-refractivity contribution in [3.8, 4) is 0 Å². The molecule has 1 aromatic rings. The second kappa shape index (κ2) is 4.80. The van der Waals surface area contributed by atoms with Crippen LogP contribution in [0.2, 0.25) is 5.15 Å². The van der Waals surface area contributed by atoms with Gasteiger partial charge in [0.2, 0.25) is 0 Å². The van der Waals surface area contributed by atoms with Crippen molar-refractivity contribution in [1.82, 2.24) is 14.7 Å². The largest absolute Gasteiger partial charge is 0.464 e. The predicted octanol–water partition coefficient (Wildman–Crippen LogP) is 1.83. The Kier molecular flexibility index (Phi) is 3.27. The number of esters is 1. The van der Waals surface area contributed by atoms with Crippen molar-refractivity contribution in [2.24, 2.45) is 7.05 Å². The maximum atomic E-state index is 11.8. The third-order valence-corrected chi connectivity index (χ3v) is 4.58. The standard InChI is InChI=1S/C13H18ClN3O2/c1-8-11(12(14)16(2)15-8)9-4-3-6-17(9)10-5-7-19-13(10)18/h9-10H,3-7H2,1-2H3/t9-,10-/m0/s1. The highest BCUT2D eigenvalue weighted by Crippen LogP contribution is 2.39. The van der Waals surface area contributed by atoms with Gasteiger partial charge in [0.05, 0.1) is 12.3 Å². The Morgan fingerprint density at radius 2 is 2.16 bits per heavy atom. The number of rotatable bonds is 2. The van der Waals surface area contributed by atoms with Crippen molar-refractivity contribution in [2.75, 3.05) is 13.2 Å². The molecule has 2 aliphatic heterocycles. The molecular formula is C13H18ClN3O2. The molecule has 5 nitrogen and oxygen atoms in total. The molecule has 104 valence electrons. The van der Waals surface area contributed by atoms with E-state index in [9.17, 15) is 4.79 Å². The van der Waals surface area contributed by atoms with E-state index in [1.54, 1.807) is 4.68 Å². The van der Waals surface area contributed by atoms with Gasteiger partial charge in [0, 0.05) is 25.1 Å².